The highest BCUT2D eigenvalue weighted by Crippen LogP contribution is 2.09. The number of rotatable bonds is 4. The molecule has 0 aliphatic rings. The average Bonchev–Trinajstić information content (AvgIpc) is 2.35. The molecule has 0 amide bonds. The molecule has 0 N–H and O–H groups in total. The summed E-state index contributed by atoms with van der Waals surface area (Å²) in [5.41, 5.74) is 1.47. The lowest BCUT2D eigenvalue weighted by molar-refractivity contribution is -0.134. The number of esters is 1. The van der Waals surface area contributed by atoms with Gasteiger partial charge in [-0.25, -0.2) is 4.79 Å². The SMILES string of the molecule is CCC(=O)c1cccc(C=CC(=O)OC)c1. The van der Waals surface area contributed by atoms with Crippen molar-refractivity contribution in [1.29, 1.82) is 0 Å². The van der Waals surface area contributed by atoms with E-state index in [1.807, 2.05) is 13.0 Å². The maximum absolute atomic E-state index is 11.4. The van der Waals surface area contributed by atoms with Crippen molar-refractivity contribution in [3.05, 3.63) is 41.5 Å². The van der Waals surface area contributed by atoms with E-state index in [4.69, 9.17) is 0 Å². The van der Waals surface area contributed by atoms with Crippen molar-refractivity contribution < 1.29 is 14.3 Å². The van der Waals surface area contributed by atoms with E-state index in [1.165, 1.54) is 13.2 Å². The van der Waals surface area contributed by atoms with Crippen LogP contribution in [-0.2, 0) is 9.53 Å². The highest BCUT2D eigenvalue weighted by atomic mass is 16.5. The maximum atomic E-state index is 11.4. The summed E-state index contributed by atoms with van der Waals surface area (Å²) in [5.74, 6) is -0.319. The largest absolute Gasteiger partial charge is 0.466 e. The molecule has 1 aromatic carbocycles. The highest BCUT2D eigenvalue weighted by molar-refractivity contribution is 5.96. The van der Waals surface area contributed by atoms with Gasteiger partial charge in [-0.3, -0.25) is 4.79 Å². The first-order valence-electron chi connectivity index (χ1n) is 5.06. The van der Waals surface area contributed by atoms with Crippen LogP contribution in [0.2, 0.25) is 0 Å². The Bertz CT molecular complexity index is 419. The molecule has 3 heteroatoms. The molecule has 0 bridgehead atoms. The number of Topliss-reactive ketones (excluding diaryl/α,β-unsaturated/α-hetero) is 1. The second kappa shape index (κ2) is 5.85. The molecule has 0 fully saturated rings. The molecule has 0 saturated carbocycles. The zero-order valence-corrected chi connectivity index (χ0v) is 9.40. The Kier molecular flexibility index (Phi) is 4.45. The number of carbonyl (C=O) groups is 2. The van der Waals surface area contributed by atoms with E-state index in [2.05, 4.69) is 4.74 Å². The van der Waals surface area contributed by atoms with E-state index in [-0.39, 0.29) is 5.78 Å². The Labute approximate surface area is 94.7 Å². The van der Waals surface area contributed by atoms with Crippen LogP contribution in [0.1, 0.15) is 29.3 Å². The van der Waals surface area contributed by atoms with E-state index in [1.54, 1.807) is 24.3 Å². The molecular weight excluding hydrogens is 204 g/mol. The molecule has 0 aromatic heterocycles. The molecule has 0 heterocycles. The molecular formula is C13H14O3. The smallest absolute Gasteiger partial charge is 0.330 e. The van der Waals surface area contributed by atoms with Crippen molar-refractivity contribution >= 4 is 17.8 Å². The van der Waals surface area contributed by atoms with E-state index in [9.17, 15) is 9.59 Å². The molecule has 16 heavy (non-hydrogen) atoms. The molecule has 0 aliphatic heterocycles. The minimum atomic E-state index is -0.410. The summed E-state index contributed by atoms with van der Waals surface area (Å²) in [6, 6.07) is 7.14. The highest BCUT2D eigenvalue weighted by Gasteiger charge is 2.02. The summed E-state index contributed by atoms with van der Waals surface area (Å²) >= 11 is 0. The first-order valence-corrected chi connectivity index (χ1v) is 5.06. The second-order valence-corrected chi connectivity index (χ2v) is 3.26. The zero-order chi connectivity index (χ0) is 12.0. The van der Waals surface area contributed by atoms with Gasteiger partial charge in [0.05, 0.1) is 7.11 Å². The lowest BCUT2D eigenvalue weighted by Crippen LogP contribution is -1.96. The number of ether oxygens (including phenoxy) is 1. The molecule has 0 atom stereocenters. The number of carbonyl (C=O) groups excluding carboxylic acids is 2. The predicted octanol–water partition coefficient (Wildman–Crippen LogP) is 2.47. The van der Waals surface area contributed by atoms with Gasteiger partial charge in [-0.2, -0.15) is 0 Å². The minimum absolute atomic E-state index is 0.0910. The van der Waals surface area contributed by atoms with Crippen LogP contribution >= 0.6 is 0 Å². The molecule has 0 unspecified atom stereocenters. The molecule has 0 spiro atoms. The van der Waals surface area contributed by atoms with Gasteiger partial charge in [0, 0.05) is 18.1 Å². The van der Waals surface area contributed by atoms with Crippen molar-refractivity contribution in [1.82, 2.24) is 0 Å². The number of hydrogen-bond acceptors (Lipinski definition) is 3. The van der Waals surface area contributed by atoms with E-state index >= 15 is 0 Å². The van der Waals surface area contributed by atoms with Crippen LogP contribution in [-0.4, -0.2) is 18.9 Å². The van der Waals surface area contributed by atoms with Gasteiger partial charge in [-0.05, 0) is 17.7 Å². The molecule has 0 radical (unpaired) electrons. The fourth-order valence-corrected chi connectivity index (χ4v) is 1.25. The van der Waals surface area contributed by atoms with Gasteiger partial charge in [-0.15, -0.1) is 0 Å². The van der Waals surface area contributed by atoms with Gasteiger partial charge < -0.3 is 4.74 Å². The van der Waals surface area contributed by atoms with Gasteiger partial charge in [0.25, 0.3) is 0 Å². The summed E-state index contributed by atoms with van der Waals surface area (Å²) in [7, 11) is 1.32. The molecule has 0 aliphatic carbocycles. The Morgan fingerprint density at radius 1 is 1.38 bits per heavy atom. The quantitative estimate of drug-likeness (QED) is 0.443. The zero-order valence-electron chi connectivity index (χ0n) is 9.40. The van der Waals surface area contributed by atoms with Crippen LogP contribution in [0.5, 0.6) is 0 Å². The van der Waals surface area contributed by atoms with Crippen LogP contribution in [0.3, 0.4) is 0 Å². The van der Waals surface area contributed by atoms with Gasteiger partial charge in [-0.1, -0.05) is 25.1 Å². The third kappa shape index (κ3) is 3.35. The topological polar surface area (TPSA) is 43.4 Å². The van der Waals surface area contributed by atoms with Gasteiger partial charge >= 0.3 is 5.97 Å². The fraction of sp³-hybridized carbons (Fsp3) is 0.231. The third-order valence-corrected chi connectivity index (χ3v) is 2.14. The van der Waals surface area contributed by atoms with Crippen LogP contribution < -0.4 is 0 Å². The van der Waals surface area contributed by atoms with Crippen LogP contribution in [0.15, 0.2) is 30.3 Å². The van der Waals surface area contributed by atoms with Crippen molar-refractivity contribution in [2.24, 2.45) is 0 Å². The Balaban J connectivity index is 2.86. The summed E-state index contributed by atoms with van der Waals surface area (Å²) < 4.78 is 4.48. The number of ketones is 1. The predicted molar refractivity (Wildman–Crippen MR) is 62.1 cm³/mol. The van der Waals surface area contributed by atoms with Crippen molar-refractivity contribution in [2.75, 3.05) is 7.11 Å². The number of methoxy groups -OCH3 is 1. The van der Waals surface area contributed by atoms with E-state index in [0.29, 0.717) is 12.0 Å². The molecule has 3 nitrogen and oxygen atoms in total. The summed E-state index contributed by atoms with van der Waals surface area (Å²) in [6.45, 7) is 1.82. The Hall–Kier alpha value is -1.90. The lowest BCUT2D eigenvalue weighted by atomic mass is 10.1. The Morgan fingerprint density at radius 2 is 2.12 bits per heavy atom. The molecule has 1 rings (SSSR count). The molecule has 1 aromatic rings. The van der Waals surface area contributed by atoms with Gasteiger partial charge in [0.1, 0.15) is 0 Å². The normalized spacial score (nSPS) is 10.4. The monoisotopic (exact) mass is 218 g/mol. The first kappa shape index (κ1) is 12.2. The van der Waals surface area contributed by atoms with Crippen LogP contribution in [0.25, 0.3) is 6.08 Å². The van der Waals surface area contributed by atoms with Crippen molar-refractivity contribution in [2.45, 2.75) is 13.3 Å². The molecule has 0 saturated heterocycles. The summed E-state index contributed by atoms with van der Waals surface area (Å²) in [6.07, 6.45) is 3.43. The summed E-state index contributed by atoms with van der Waals surface area (Å²) in [4.78, 5) is 22.3. The number of hydrogen-bond donors (Lipinski definition) is 0. The average molecular weight is 218 g/mol. The Morgan fingerprint density at radius 3 is 2.75 bits per heavy atom. The van der Waals surface area contributed by atoms with Gasteiger partial charge in [0.15, 0.2) is 5.78 Å². The standard InChI is InChI=1S/C13H14O3/c1-3-12(14)11-6-4-5-10(9-11)7-8-13(15)16-2/h4-9H,3H2,1-2H3. The maximum Gasteiger partial charge on any atom is 0.330 e. The van der Waals surface area contributed by atoms with Crippen molar-refractivity contribution in [3.63, 3.8) is 0 Å². The fourth-order valence-electron chi connectivity index (χ4n) is 1.25. The van der Waals surface area contributed by atoms with E-state index in [0.717, 1.165) is 5.56 Å². The van der Waals surface area contributed by atoms with Gasteiger partial charge in [0.2, 0.25) is 0 Å². The number of benzene rings is 1. The first-order chi connectivity index (χ1) is 7.67. The minimum Gasteiger partial charge on any atom is -0.466 e. The lowest BCUT2D eigenvalue weighted by Gasteiger charge is -1.99. The van der Waals surface area contributed by atoms with E-state index < -0.39 is 5.97 Å². The summed E-state index contributed by atoms with van der Waals surface area (Å²) in [5, 5.41) is 0. The van der Waals surface area contributed by atoms with Crippen LogP contribution in [0, 0.1) is 0 Å². The third-order valence-electron chi connectivity index (χ3n) is 2.14. The molecule has 84 valence electrons. The van der Waals surface area contributed by atoms with Crippen molar-refractivity contribution in [3.8, 4) is 0 Å². The second-order valence-electron chi connectivity index (χ2n) is 3.26. The van der Waals surface area contributed by atoms with Crippen LogP contribution in [0.4, 0.5) is 0 Å².